The summed E-state index contributed by atoms with van der Waals surface area (Å²) in [5, 5.41) is 1.13. The number of aryl methyl sites for hydroxylation is 1. The summed E-state index contributed by atoms with van der Waals surface area (Å²) < 4.78 is 28.2. The first-order valence-electron chi connectivity index (χ1n) is 12.3. The number of anilines is 2. The molecule has 1 atom stereocenters. The molecule has 0 spiro atoms. The fourth-order valence-electron chi connectivity index (χ4n) is 5.41. The van der Waals surface area contributed by atoms with Crippen molar-refractivity contribution in [1.82, 2.24) is 14.5 Å². The number of carbonyl (C=O) groups excluding carboxylic acids is 1. The Hall–Kier alpha value is -3.72. The number of hydrogen-bond acceptors (Lipinski definition) is 7. The van der Waals surface area contributed by atoms with E-state index >= 15 is 0 Å². The summed E-state index contributed by atoms with van der Waals surface area (Å²) in [6.07, 6.45) is 4.37. The maximum absolute atomic E-state index is 13.5. The third-order valence-corrected chi connectivity index (χ3v) is 8.80. The number of fused-ring (bicyclic) bond motifs is 1. The number of nitrogen functional groups attached to an aromatic ring is 1. The van der Waals surface area contributed by atoms with Crippen LogP contribution in [0.1, 0.15) is 37.6 Å². The number of pyridine rings is 2. The molecular formula is C28H31N5O3S. The van der Waals surface area contributed by atoms with E-state index in [1.54, 1.807) is 12.1 Å². The molecule has 0 aliphatic carbocycles. The Labute approximate surface area is 217 Å². The van der Waals surface area contributed by atoms with E-state index in [9.17, 15) is 13.2 Å². The van der Waals surface area contributed by atoms with Crippen molar-refractivity contribution >= 4 is 38.2 Å². The molecule has 9 heteroatoms. The van der Waals surface area contributed by atoms with Crippen molar-refractivity contribution in [3.63, 3.8) is 0 Å². The molecule has 1 aliphatic rings. The smallest absolute Gasteiger partial charge is 0.189 e. The van der Waals surface area contributed by atoms with Crippen LogP contribution in [0, 0.1) is 5.92 Å². The first kappa shape index (κ1) is 25.0. The van der Waals surface area contributed by atoms with Gasteiger partial charge in [-0.15, -0.1) is 0 Å². The Morgan fingerprint density at radius 3 is 2.65 bits per heavy atom. The molecule has 4 aromatic rings. The van der Waals surface area contributed by atoms with E-state index in [0.29, 0.717) is 11.7 Å². The van der Waals surface area contributed by atoms with Gasteiger partial charge in [0, 0.05) is 42.6 Å². The maximum Gasteiger partial charge on any atom is 0.189 e. The number of benzene rings is 1. The van der Waals surface area contributed by atoms with Gasteiger partial charge < -0.3 is 15.2 Å². The summed E-state index contributed by atoms with van der Waals surface area (Å²) in [5.41, 5.74) is 8.58. The fourth-order valence-corrected chi connectivity index (χ4v) is 6.72. The Bertz CT molecular complexity index is 1620. The van der Waals surface area contributed by atoms with Gasteiger partial charge in [-0.3, -0.25) is 4.79 Å². The van der Waals surface area contributed by atoms with Gasteiger partial charge in [0.2, 0.25) is 0 Å². The molecule has 1 fully saturated rings. The molecule has 1 saturated heterocycles. The van der Waals surface area contributed by atoms with E-state index in [1.807, 2.05) is 19.3 Å². The number of carbonyl (C=O) groups is 1. The van der Waals surface area contributed by atoms with Crippen LogP contribution in [-0.2, 0) is 16.9 Å². The molecule has 2 N–H and O–H groups in total. The van der Waals surface area contributed by atoms with Gasteiger partial charge in [0.05, 0.1) is 11.3 Å². The van der Waals surface area contributed by atoms with Crippen LogP contribution < -0.4 is 10.6 Å². The number of ketones is 1. The lowest BCUT2D eigenvalue weighted by Gasteiger charge is -2.34. The first-order chi connectivity index (χ1) is 17.5. The van der Waals surface area contributed by atoms with E-state index in [2.05, 4.69) is 53.4 Å². The van der Waals surface area contributed by atoms with Gasteiger partial charge >= 0.3 is 0 Å². The van der Waals surface area contributed by atoms with E-state index in [-0.39, 0.29) is 21.8 Å². The molecule has 0 amide bonds. The maximum atomic E-state index is 13.5. The van der Waals surface area contributed by atoms with Gasteiger partial charge in [-0.25, -0.2) is 18.4 Å². The molecule has 192 valence electrons. The van der Waals surface area contributed by atoms with Crippen LogP contribution in [0.4, 0.5) is 11.6 Å². The molecule has 1 aliphatic heterocycles. The predicted octanol–water partition coefficient (Wildman–Crippen LogP) is 4.50. The standard InChI is InChI=1S/C28H31N5O3S/c1-18-15-28(2,3)33(16-18)27-21(24(34)17-37(35,36)25-6-5-12-30-26(25)29)9-10-22(31-27)20-8-7-19-11-13-32(4)23(19)14-20/h5-14,18H,15-17H2,1-4H3,(H2,29,30)/t18-/m0/s1. The van der Waals surface area contributed by atoms with Crippen molar-refractivity contribution in [2.24, 2.45) is 13.0 Å². The second-order valence-corrected chi connectivity index (χ2v) is 12.5. The predicted molar refractivity (Wildman–Crippen MR) is 146 cm³/mol. The van der Waals surface area contributed by atoms with Gasteiger partial charge in [-0.05, 0) is 68.0 Å². The summed E-state index contributed by atoms with van der Waals surface area (Å²) in [7, 11) is -1.99. The van der Waals surface area contributed by atoms with Crippen molar-refractivity contribution in [1.29, 1.82) is 0 Å². The second kappa shape index (κ2) is 8.99. The topological polar surface area (TPSA) is 111 Å². The lowest BCUT2D eigenvalue weighted by atomic mass is 9.97. The van der Waals surface area contributed by atoms with Crippen LogP contribution in [0.5, 0.6) is 0 Å². The van der Waals surface area contributed by atoms with Crippen molar-refractivity contribution < 1.29 is 13.2 Å². The van der Waals surface area contributed by atoms with E-state index in [1.165, 1.54) is 18.3 Å². The average molecular weight is 518 g/mol. The molecule has 8 nitrogen and oxygen atoms in total. The van der Waals surface area contributed by atoms with Crippen LogP contribution in [0.25, 0.3) is 22.2 Å². The van der Waals surface area contributed by atoms with E-state index < -0.39 is 21.4 Å². The monoisotopic (exact) mass is 517 g/mol. The minimum absolute atomic E-state index is 0.116. The third kappa shape index (κ3) is 4.59. The molecule has 1 aromatic carbocycles. The number of hydrogen-bond donors (Lipinski definition) is 1. The quantitative estimate of drug-likeness (QED) is 0.375. The second-order valence-electron chi connectivity index (χ2n) is 10.6. The zero-order chi connectivity index (χ0) is 26.5. The fraction of sp³-hybridized carbons (Fsp3) is 0.321. The van der Waals surface area contributed by atoms with Crippen LogP contribution in [-0.4, -0.2) is 46.6 Å². The van der Waals surface area contributed by atoms with Gasteiger partial charge in [0.15, 0.2) is 15.6 Å². The van der Waals surface area contributed by atoms with Crippen LogP contribution in [0.3, 0.4) is 0 Å². The van der Waals surface area contributed by atoms with Gasteiger partial charge in [0.1, 0.15) is 22.3 Å². The van der Waals surface area contributed by atoms with E-state index in [4.69, 9.17) is 10.7 Å². The minimum atomic E-state index is -3.99. The normalized spacial score (nSPS) is 17.4. The molecule has 0 unspecified atom stereocenters. The number of sulfone groups is 1. The van der Waals surface area contributed by atoms with Crippen LogP contribution in [0.15, 0.2) is 65.8 Å². The zero-order valence-electron chi connectivity index (χ0n) is 21.5. The SMILES string of the molecule is C[C@@H]1CN(c2nc(-c3ccc4ccn(C)c4c3)ccc2C(=O)CS(=O)(=O)c2cccnc2N)C(C)(C)C1. The summed E-state index contributed by atoms with van der Waals surface area (Å²) >= 11 is 0. The first-order valence-corrected chi connectivity index (χ1v) is 13.9. The van der Waals surface area contributed by atoms with Crippen LogP contribution in [0.2, 0.25) is 0 Å². The Kier molecular flexibility index (Phi) is 6.06. The van der Waals surface area contributed by atoms with E-state index in [0.717, 1.165) is 35.1 Å². The molecule has 5 rings (SSSR count). The van der Waals surface area contributed by atoms with Crippen LogP contribution >= 0.6 is 0 Å². The largest absolute Gasteiger partial charge is 0.383 e. The molecule has 0 radical (unpaired) electrons. The van der Waals surface area contributed by atoms with Crippen molar-refractivity contribution in [2.75, 3.05) is 22.9 Å². The number of aromatic nitrogens is 3. The number of rotatable bonds is 6. The highest BCUT2D eigenvalue weighted by atomic mass is 32.2. The highest BCUT2D eigenvalue weighted by Crippen LogP contribution is 2.39. The summed E-state index contributed by atoms with van der Waals surface area (Å²) in [4.78, 5) is 24.4. The zero-order valence-corrected chi connectivity index (χ0v) is 22.3. The summed E-state index contributed by atoms with van der Waals surface area (Å²) in [6, 6.07) is 14.6. The molecule has 37 heavy (non-hydrogen) atoms. The van der Waals surface area contributed by atoms with Crippen molar-refractivity contribution in [3.8, 4) is 11.3 Å². The molecular weight excluding hydrogens is 486 g/mol. The van der Waals surface area contributed by atoms with Crippen molar-refractivity contribution in [2.45, 2.75) is 37.6 Å². The number of Topliss-reactive ketones (excluding diaryl/α,β-unsaturated/α-hetero) is 1. The summed E-state index contributed by atoms with van der Waals surface area (Å²) in [6.45, 7) is 7.15. The summed E-state index contributed by atoms with van der Waals surface area (Å²) in [5.74, 6) is -0.434. The Morgan fingerprint density at radius 2 is 1.95 bits per heavy atom. The third-order valence-electron chi connectivity index (χ3n) is 7.14. The average Bonchev–Trinajstić information content (AvgIpc) is 3.35. The molecule has 4 heterocycles. The highest BCUT2D eigenvalue weighted by molar-refractivity contribution is 7.92. The minimum Gasteiger partial charge on any atom is -0.383 e. The number of nitrogens with two attached hydrogens (primary N) is 1. The Balaban J connectivity index is 1.59. The van der Waals surface area contributed by atoms with Gasteiger partial charge in [0.25, 0.3) is 0 Å². The molecule has 0 bridgehead atoms. The highest BCUT2D eigenvalue weighted by Gasteiger charge is 2.39. The lowest BCUT2D eigenvalue weighted by Crippen LogP contribution is -2.40. The van der Waals surface area contributed by atoms with Crippen molar-refractivity contribution in [3.05, 3.63) is 66.5 Å². The van der Waals surface area contributed by atoms with Gasteiger partial charge in [-0.2, -0.15) is 0 Å². The molecule has 0 saturated carbocycles. The Morgan fingerprint density at radius 1 is 1.16 bits per heavy atom. The van der Waals surface area contributed by atoms with Gasteiger partial charge in [-0.1, -0.05) is 19.1 Å². The molecule has 3 aromatic heterocycles. The lowest BCUT2D eigenvalue weighted by molar-refractivity contribution is 0.102. The number of nitrogens with zero attached hydrogens (tertiary/aromatic N) is 4.